The van der Waals surface area contributed by atoms with Crippen LogP contribution in [0.5, 0.6) is 0 Å². The van der Waals surface area contributed by atoms with Crippen LogP contribution in [-0.2, 0) is 0 Å². The molecule has 140 valence electrons. The number of benzene rings is 1. The van der Waals surface area contributed by atoms with Crippen molar-refractivity contribution in [3.8, 4) is 22.5 Å². The Kier molecular flexibility index (Phi) is 4.35. The van der Waals surface area contributed by atoms with Gasteiger partial charge in [-0.1, -0.05) is 0 Å². The van der Waals surface area contributed by atoms with Crippen LogP contribution >= 0.6 is 0 Å². The van der Waals surface area contributed by atoms with Gasteiger partial charge in [0.25, 0.3) is 5.56 Å². The molecule has 0 saturated heterocycles. The van der Waals surface area contributed by atoms with Crippen LogP contribution in [0.3, 0.4) is 0 Å². The first kappa shape index (κ1) is 17.8. The molecular weight excluding hydrogens is 359 g/mol. The van der Waals surface area contributed by atoms with E-state index in [1.165, 1.54) is 24.3 Å². The van der Waals surface area contributed by atoms with Crippen LogP contribution in [0, 0.1) is 5.82 Å². The third kappa shape index (κ3) is 3.22. The van der Waals surface area contributed by atoms with E-state index >= 15 is 0 Å². The molecule has 1 N–H and O–H groups in total. The molecule has 0 atom stereocenters. The first-order valence-corrected chi connectivity index (χ1v) is 8.82. The molecule has 4 aromatic rings. The normalized spacial score (nSPS) is 11.3. The van der Waals surface area contributed by atoms with Gasteiger partial charge >= 0.3 is 0 Å². The van der Waals surface area contributed by atoms with Crippen LogP contribution in [0.2, 0.25) is 0 Å². The molecule has 7 heteroatoms. The van der Waals surface area contributed by atoms with Crippen molar-refractivity contribution in [3.63, 3.8) is 0 Å². The predicted octanol–water partition coefficient (Wildman–Crippen LogP) is 3.53. The lowest BCUT2D eigenvalue weighted by atomic mass is 10.0. The Morgan fingerprint density at radius 1 is 0.893 bits per heavy atom. The van der Waals surface area contributed by atoms with Gasteiger partial charge in [-0.3, -0.25) is 9.59 Å². The molecule has 3 aromatic heterocycles. The number of aromatic amines is 1. The summed E-state index contributed by atoms with van der Waals surface area (Å²) in [7, 11) is 0. The zero-order valence-electron chi connectivity index (χ0n) is 15.3. The van der Waals surface area contributed by atoms with E-state index in [9.17, 15) is 14.0 Å². The first-order valence-electron chi connectivity index (χ1n) is 8.82. The maximum Gasteiger partial charge on any atom is 0.250 e. The highest BCUT2D eigenvalue weighted by Crippen LogP contribution is 2.30. The summed E-state index contributed by atoms with van der Waals surface area (Å²) in [6, 6.07) is 12.0. The zero-order chi connectivity index (χ0) is 19.8. The molecule has 6 nitrogen and oxygen atoms in total. The van der Waals surface area contributed by atoms with Crippen LogP contribution in [0.15, 0.2) is 64.3 Å². The predicted molar refractivity (Wildman–Crippen MR) is 106 cm³/mol. The summed E-state index contributed by atoms with van der Waals surface area (Å²) in [5, 5.41) is 0. The minimum atomic E-state index is -0.360. The summed E-state index contributed by atoms with van der Waals surface area (Å²) in [5.74, 6) is -0.360. The van der Waals surface area contributed by atoms with Crippen molar-refractivity contribution in [2.75, 3.05) is 0 Å². The number of halogens is 1. The number of hydrogen-bond donors (Lipinski definition) is 1. The molecule has 0 amide bonds. The molecule has 0 saturated carbocycles. The van der Waals surface area contributed by atoms with E-state index in [0.29, 0.717) is 33.7 Å². The molecule has 0 aliphatic rings. The van der Waals surface area contributed by atoms with Crippen LogP contribution in [0.4, 0.5) is 4.39 Å². The van der Waals surface area contributed by atoms with Gasteiger partial charge in [0.2, 0.25) is 5.56 Å². The molecule has 1 aromatic carbocycles. The fourth-order valence-electron chi connectivity index (χ4n) is 3.03. The summed E-state index contributed by atoms with van der Waals surface area (Å²) in [5.41, 5.74) is 2.85. The van der Waals surface area contributed by atoms with E-state index in [4.69, 9.17) is 0 Å². The number of hydrogen-bond acceptors (Lipinski definition) is 4. The minimum absolute atomic E-state index is 0.0218. The smallest absolute Gasteiger partial charge is 0.250 e. The second-order valence-electron chi connectivity index (χ2n) is 6.74. The number of pyridine rings is 2. The highest BCUT2D eigenvalue weighted by molar-refractivity contribution is 5.84. The molecule has 3 heterocycles. The minimum Gasteiger partial charge on any atom is -0.312 e. The number of rotatable bonds is 3. The first-order chi connectivity index (χ1) is 13.4. The van der Waals surface area contributed by atoms with Gasteiger partial charge < -0.3 is 9.55 Å². The van der Waals surface area contributed by atoms with E-state index in [1.54, 1.807) is 35.0 Å². The Balaban J connectivity index is 2.03. The maximum absolute atomic E-state index is 13.4. The lowest BCUT2D eigenvalue weighted by Crippen LogP contribution is -2.20. The standard InChI is InChI=1S/C21H17FN4O2/c1-12(2)26-11-14(5-10-18(26)28)20-19(13-3-6-15(22)7-4-13)25-21-16(23-20)8-9-17(27)24-21/h3-12H,1-2H3,(H,24,25,27). The van der Waals surface area contributed by atoms with Gasteiger partial charge in [0, 0.05) is 35.5 Å². The van der Waals surface area contributed by atoms with Crippen molar-refractivity contribution in [2.24, 2.45) is 0 Å². The summed E-state index contributed by atoms with van der Waals surface area (Å²) >= 11 is 0. The second kappa shape index (κ2) is 6.84. The Labute approximate surface area is 159 Å². The Hall–Kier alpha value is -3.61. The average molecular weight is 376 g/mol. The largest absolute Gasteiger partial charge is 0.312 e. The summed E-state index contributed by atoms with van der Waals surface area (Å²) in [6.07, 6.45) is 1.74. The van der Waals surface area contributed by atoms with Crippen molar-refractivity contribution in [3.05, 3.63) is 81.3 Å². The van der Waals surface area contributed by atoms with E-state index in [2.05, 4.69) is 15.0 Å². The average Bonchev–Trinajstić information content (AvgIpc) is 2.68. The van der Waals surface area contributed by atoms with Crippen LogP contribution in [0.1, 0.15) is 19.9 Å². The molecule has 0 radical (unpaired) electrons. The van der Waals surface area contributed by atoms with Crippen LogP contribution in [0.25, 0.3) is 33.7 Å². The highest BCUT2D eigenvalue weighted by Gasteiger charge is 2.15. The molecule has 0 unspecified atom stereocenters. The van der Waals surface area contributed by atoms with Crippen molar-refractivity contribution < 1.29 is 4.39 Å². The van der Waals surface area contributed by atoms with Gasteiger partial charge in [-0.15, -0.1) is 0 Å². The molecule has 0 aliphatic carbocycles. The number of nitrogens with zero attached hydrogens (tertiary/aromatic N) is 3. The van der Waals surface area contributed by atoms with Gasteiger partial charge in [-0.05, 0) is 50.2 Å². The fraction of sp³-hybridized carbons (Fsp3) is 0.143. The number of nitrogens with one attached hydrogen (secondary N) is 1. The van der Waals surface area contributed by atoms with E-state index in [1.807, 2.05) is 13.8 Å². The fourth-order valence-corrected chi connectivity index (χ4v) is 3.03. The molecule has 0 aliphatic heterocycles. The SMILES string of the molecule is CC(C)n1cc(-c2nc3ccc(=O)[nH]c3nc2-c2ccc(F)cc2)ccc1=O. The van der Waals surface area contributed by atoms with E-state index < -0.39 is 0 Å². The van der Waals surface area contributed by atoms with Gasteiger partial charge in [0.05, 0.1) is 11.4 Å². The molecule has 0 bridgehead atoms. The molecular formula is C21H17FN4O2. The maximum atomic E-state index is 13.4. The molecule has 0 fully saturated rings. The Morgan fingerprint density at radius 2 is 1.57 bits per heavy atom. The lowest BCUT2D eigenvalue weighted by molar-refractivity contribution is 0.579. The quantitative estimate of drug-likeness (QED) is 0.593. The number of aromatic nitrogens is 4. The third-order valence-electron chi connectivity index (χ3n) is 4.44. The van der Waals surface area contributed by atoms with Crippen molar-refractivity contribution in [1.82, 2.24) is 19.5 Å². The van der Waals surface area contributed by atoms with E-state index in [0.717, 1.165) is 0 Å². The van der Waals surface area contributed by atoms with Gasteiger partial charge in [0.1, 0.15) is 11.3 Å². The van der Waals surface area contributed by atoms with Crippen LogP contribution in [-0.4, -0.2) is 19.5 Å². The van der Waals surface area contributed by atoms with Crippen molar-refractivity contribution >= 4 is 11.2 Å². The number of H-pyrrole nitrogens is 1. The molecule has 0 spiro atoms. The summed E-state index contributed by atoms with van der Waals surface area (Å²) in [4.78, 5) is 35.7. The molecule has 4 rings (SSSR count). The summed E-state index contributed by atoms with van der Waals surface area (Å²) < 4.78 is 15.0. The summed E-state index contributed by atoms with van der Waals surface area (Å²) in [6.45, 7) is 3.84. The zero-order valence-corrected chi connectivity index (χ0v) is 15.3. The van der Waals surface area contributed by atoms with Crippen molar-refractivity contribution in [2.45, 2.75) is 19.9 Å². The molecule has 28 heavy (non-hydrogen) atoms. The highest BCUT2D eigenvalue weighted by atomic mass is 19.1. The van der Waals surface area contributed by atoms with Gasteiger partial charge in [-0.2, -0.15) is 0 Å². The topological polar surface area (TPSA) is 80.6 Å². The lowest BCUT2D eigenvalue weighted by Gasteiger charge is -2.14. The van der Waals surface area contributed by atoms with Crippen LogP contribution < -0.4 is 11.1 Å². The monoisotopic (exact) mass is 376 g/mol. The Bertz CT molecular complexity index is 1290. The van der Waals surface area contributed by atoms with Gasteiger partial charge in [-0.25, -0.2) is 14.4 Å². The third-order valence-corrected chi connectivity index (χ3v) is 4.44. The second-order valence-corrected chi connectivity index (χ2v) is 6.74. The van der Waals surface area contributed by atoms with E-state index in [-0.39, 0.29) is 23.0 Å². The number of fused-ring (bicyclic) bond motifs is 1. The van der Waals surface area contributed by atoms with Crippen molar-refractivity contribution in [1.29, 1.82) is 0 Å². The Morgan fingerprint density at radius 3 is 2.29 bits per heavy atom. The van der Waals surface area contributed by atoms with Gasteiger partial charge in [0.15, 0.2) is 5.65 Å².